The van der Waals surface area contributed by atoms with Crippen molar-refractivity contribution in [2.24, 2.45) is 40.3 Å². The third kappa shape index (κ3) is 26.2. The number of fused-ring (bicyclic) bond motifs is 4. The molecule has 32 N–H and O–H groups in total. The summed E-state index contributed by atoms with van der Waals surface area (Å²) < 4.78 is 51.6. The number of ether oxygens (including phenoxy) is 4. The minimum atomic E-state index is -1.27. The van der Waals surface area contributed by atoms with Gasteiger partial charge in [-0.3, -0.25) is 5.73 Å². The van der Waals surface area contributed by atoms with E-state index in [0.29, 0.717) is 173 Å². The lowest BCUT2D eigenvalue weighted by molar-refractivity contribution is -0.383. The number of nitrogen functional groups attached to an aromatic ring is 4. The van der Waals surface area contributed by atoms with Gasteiger partial charge in [0.2, 0.25) is 23.5 Å². The number of quaternary nitrogens is 3. The van der Waals surface area contributed by atoms with Gasteiger partial charge in [-0.25, -0.2) is 58.4 Å². The van der Waals surface area contributed by atoms with Crippen molar-refractivity contribution in [2.45, 2.75) is 160 Å². The quantitative estimate of drug-likeness (QED) is 0.0206. The van der Waals surface area contributed by atoms with Gasteiger partial charge in [-0.2, -0.15) is 0 Å². The lowest BCUT2D eigenvalue weighted by Crippen LogP contribution is -2.54. The molecule has 0 spiro atoms. The minimum absolute atomic E-state index is 0.0614. The zero-order valence-electron chi connectivity index (χ0n) is 79.3. The van der Waals surface area contributed by atoms with E-state index in [1.807, 2.05) is 153 Å². The first kappa shape index (κ1) is 102. The average molecular weight is 1940 g/mol. The Labute approximate surface area is 819 Å². The molecule has 0 saturated heterocycles. The van der Waals surface area contributed by atoms with Crippen LogP contribution in [0.4, 0.5) is 23.3 Å². The van der Waals surface area contributed by atoms with Crippen LogP contribution in [0.15, 0.2) is 164 Å². The molecule has 0 bridgehead atoms. The highest BCUT2D eigenvalue weighted by atomic mass is 16.6. The molecule has 732 valence electrons. The predicted octanol–water partition coefficient (Wildman–Crippen LogP) is 4.11. The van der Waals surface area contributed by atoms with Gasteiger partial charge in [0, 0.05) is 87.2 Å². The lowest BCUT2D eigenvalue weighted by Gasteiger charge is -2.16. The largest absolute Gasteiger partial charge is 0.463 e. The Hall–Kier alpha value is -17.4. The SMILES string of the molecule is CC(C)(O)C#Cc1nc(O[C@H](C[NH3+])c2ccccc2)cc2c1nc(-c1nonc1N)n2CCC#CC(N)N.CC(C)(O)C#Cc1nc(O[C@H](C[NH3+])c2ccccc2)cc2c1nc(-c1nonc1N)n2CCC#CN.CC(C)(O)C#Cc1nc(O[C@H](N)c2ccccc2)cc2c1nc(-c1nonc1N)n2CCC#CC(N)N.CCn1c(-c2nonc2N)nc2c(C#CC3CC3)nc(O[C@H](C[NH3+])c3ccccc3)cc21. The fourth-order valence-corrected chi connectivity index (χ4v) is 14.3. The second kappa shape index (κ2) is 45.9. The van der Waals surface area contributed by atoms with Crippen LogP contribution in [0.1, 0.15) is 150 Å². The van der Waals surface area contributed by atoms with Gasteiger partial charge in [0.25, 0.3) is 0 Å². The minimum Gasteiger partial charge on any atom is -0.463 e. The molecule has 44 heteroatoms. The average Bonchev–Trinajstić information content (AvgIpc) is 1.62. The second-order valence-corrected chi connectivity index (χ2v) is 33.7. The zero-order chi connectivity index (χ0) is 102. The van der Waals surface area contributed by atoms with Crippen molar-refractivity contribution in [1.29, 1.82) is 0 Å². The van der Waals surface area contributed by atoms with Gasteiger partial charge in [0.05, 0.1) is 22.1 Å². The van der Waals surface area contributed by atoms with Crippen LogP contribution in [-0.4, -0.2) is 163 Å². The molecule has 16 aromatic rings. The first-order chi connectivity index (χ1) is 68.8. The van der Waals surface area contributed by atoms with E-state index in [9.17, 15) is 15.3 Å². The fourth-order valence-electron chi connectivity index (χ4n) is 14.3. The molecule has 44 nitrogen and oxygen atoms in total. The summed E-state index contributed by atoms with van der Waals surface area (Å²) in [6.45, 7) is 14.8. The van der Waals surface area contributed by atoms with Crippen LogP contribution in [0.5, 0.6) is 23.5 Å². The smallest absolute Gasteiger partial charge is 0.218 e. The first-order valence-electron chi connectivity index (χ1n) is 45.2. The molecular weight excluding hydrogens is 1830 g/mol. The molecular formula is C99H108N33O11+3. The van der Waals surface area contributed by atoms with Crippen LogP contribution in [-0.2, 0) is 26.2 Å². The van der Waals surface area contributed by atoms with Crippen LogP contribution >= 0.6 is 0 Å². The number of aryl methyl sites for hydroxylation is 4. The molecule has 0 amide bonds. The number of nitrogens with two attached hydrogens (primary N) is 10. The summed E-state index contributed by atoms with van der Waals surface area (Å²) >= 11 is 0. The highest BCUT2D eigenvalue weighted by Crippen LogP contribution is 2.38. The van der Waals surface area contributed by atoms with E-state index in [-0.39, 0.29) is 70.2 Å². The fraction of sp³-hybridized carbons (Fsp3) is 0.293. The maximum absolute atomic E-state index is 10.2. The maximum Gasteiger partial charge on any atom is 0.218 e. The number of benzene rings is 4. The Balaban J connectivity index is 0.000000151. The van der Waals surface area contributed by atoms with Gasteiger partial charge in [-0.15, -0.1) is 0 Å². The van der Waals surface area contributed by atoms with Crippen molar-refractivity contribution in [2.75, 3.05) is 42.6 Å². The summed E-state index contributed by atoms with van der Waals surface area (Å²) in [5, 5.41) is 61.0. The van der Waals surface area contributed by atoms with E-state index >= 15 is 0 Å². The van der Waals surface area contributed by atoms with Crippen molar-refractivity contribution < 1.29 is 70.0 Å². The number of hydrogen-bond acceptors (Lipinski definition) is 37. The molecule has 1 saturated carbocycles. The van der Waals surface area contributed by atoms with Crippen LogP contribution in [0, 0.1) is 88.9 Å². The molecule has 4 atom stereocenters. The Kier molecular flexibility index (Phi) is 32.6. The molecule has 0 radical (unpaired) electrons. The van der Waals surface area contributed by atoms with E-state index in [2.05, 4.69) is 156 Å². The van der Waals surface area contributed by atoms with E-state index in [1.54, 1.807) is 59.7 Å². The summed E-state index contributed by atoms with van der Waals surface area (Å²) in [5.74, 6) is 41.7. The number of aliphatic hydroxyl groups is 3. The maximum atomic E-state index is 10.2. The molecule has 12 aromatic heterocycles. The molecule has 1 aliphatic rings. The zero-order valence-corrected chi connectivity index (χ0v) is 79.3. The number of pyridine rings is 4. The summed E-state index contributed by atoms with van der Waals surface area (Å²) in [6, 6.07) is 48.3. The molecule has 12 heterocycles. The Bertz CT molecular complexity index is 7630. The lowest BCUT2D eigenvalue weighted by atomic mass is 10.1. The number of imidazole rings is 4. The summed E-state index contributed by atoms with van der Waals surface area (Å²) in [7, 11) is 0. The molecule has 1 aliphatic carbocycles. The van der Waals surface area contributed by atoms with Gasteiger partial charge < -0.3 is 121 Å². The Morgan fingerprint density at radius 2 is 0.664 bits per heavy atom. The van der Waals surface area contributed by atoms with Crippen LogP contribution in [0.3, 0.4) is 0 Å². The summed E-state index contributed by atoms with van der Waals surface area (Å²) in [5.41, 5.74) is 77.2. The van der Waals surface area contributed by atoms with Crippen molar-refractivity contribution >= 4 is 67.4 Å². The molecule has 0 aliphatic heterocycles. The highest BCUT2D eigenvalue weighted by Gasteiger charge is 2.31. The third-order valence-corrected chi connectivity index (χ3v) is 21.0. The molecule has 143 heavy (non-hydrogen) atoms. The summed E-state index contributed by atoms with van der Waals surface area (Å²) in [6.07, 6.45) is 0.304. The Morgan fingerprint density at radius 3 is 0.930 bits per heavy atom. The van der Waals surface area contributed by atoms with E-state index in [1.165, 1.54) is 0 Å². The van der Waals surface area contributed by atoms with Crippen molar-refractivity contribution in [1.82, 2.24) is 99.4 Å². The number of nitrogens with zero attached hydrogens (tertiary/aromatic N) is 20. The van der Waals surface area contributed by atoms with E-state index in [4.69, 9.17) is 120 Å². The normalized spacial score (nSPS) is 12.5. The predicted molar refractivity (Wildman–Crippen MR) is 528 cm³/mol. The molecule has 1 fully saturated rings. The summed E-state index contributed by atoms with van der Waals surface area (Å²) in [4.78, 5) is 37.4. The van der Waals surface area contributed by atoms with Gasteiger partial charge in [0.15, 0.2) is 93.9 Å². The van der Waals surface area contributed by atoms with Crippen molar-refractivity contribution in [3.63, 3.8) is 0 Å². The standard InChI is InChI=1S/C26H29N9O3.C25H27N9O3.C25H26N8O3.C23H23N7O2/c1-26(2,36)12-11-17-22-18(14-21(31-17)37-19(15-27)16-8-4-3-5-9-16)35(13-7-6-10-20(28)29)25(32-22)23-24(30)34-38-33-23;1-25(2,35)12-11-16-20-17(14-19(30-16)36-23(29)15-8-4-3-5-9-15)34(13-7-6-10-18(26)27)24(31-20)21-22(28)33-37-32-21;1-25(2,34)11-10-17-21-18(14-20(29-17)35-19(15-27)16-8-4-3-5-9-16)33(13-7-6-12-26)24(30-21)22-23(28)32-36-31-22;1-2-30-17-12-19(31-18(13-24)15-6-4-3-5-7-15)26-16(11-10-14-8-9-14)20(17)27-23(30)21-22(25)29-32-28-21/h3-5,8-9,14,19-20,36H,7,13,15,27-29H2,1-2H3,(H2,30,34);3-5,8-9,14,18,23,35H,7,13,26-27,29H2,1-2H3,(H2,28,33);3-5,8-9,14,19,34H,7,13,15,26-27H2,1-2H3,(H2,28,32);3-7,12,14,18H,2,8-9,13,24H2,1H3,(H2,25,29)/p+3/t19-;23-;19-;18-/m1011/s1. The number of rotatable bonds is 26. The van der Waals surface area contributed by atoms with Gasteiger partial charge in [0.1, 0.15) is 93.6 Å². The first-order valence-corrected chi connectivity index (χ1v) is 45.2. The number of hydrogen-bond donors (Lipinski definition) is 16. The molecule has 0 unspecified atom stereocenters. The van der Waals surface area contributed by atoms with Crippen molar-refractivity contribution in [3.05, 3.63) is 191 Å². The Morgan fingerprint density at radius 1 is 0.385 bits per heavy atom. The van der Waals surface area contributed by atoms with E-state index < -0.39 is 35.4 Å². The molecule has 17 rings (SSSR count). The number of aromatic nitrogens is 20. The topological polar surface area (TPSA) is 719 Å². The van der Waals surface area contributed by atoms with Gasteiger partial charge in [-0.05, 0) is 143 Å². The van der Waals surface area contributed by atoms with Gasteiger partial charge >= 0.3 is 0 Å². The van der Waals surface area contributed by atoms with Crippen LogP contribution in [0.25, 0.3) is 90.2 Å². The third-order valence-electron chi connectivity index (χ3n) is 21.0. The highest BCUT2D eigenvalue weighted by molar-refractivity contribution is 5.90. The van der Waals surface area contributed by atoms with Crippen LogP contribution < -0.4 is 93.5 Å². The second-order valence-electron chi connectivity index (χ2n) is 33.7. The molecule has 4 aromatic carbocycles. The monoisotopic (exact) mass is 1930 g/mol. The number of anilines is 4. The van der Waals surface area contributed by atoms with E-state index in [0.717, 1.165) is 40.6 Å². The van der Waals surface area contributed by atoms with Gasteiger partial charge in [-0.1, -0.05) is 175 Å². The van der Waals surface area contributed by atoms with Crippen LogP contribution in [0.2, 0.25) is 0 Å². The van der Waals surface area contributed by atoms with Crippen molar-refractivity contribution in [3.8, 4) is 153 Å².